The lowest BCUT2D eigenvalue weighted by atomic mass is 10.1. The second-order valence-electron chi connectivity index (χ2n) is 5.88. The van der Waals surface area contributed by atoms with E-state index in [9.17, 15) is 20.0 Å². The number of carbonyl (C=O) groups is 1. The number of likely N-dealkylation sites (tertiary alicyclic amines) is 1. The molecule has 1 N–H and O–H groups in total. The predicted molar refractivity (Wildman–Crippen MR) is 85.8 cm³/mol. The van der Waals surface area contributed by atoms with Gasteiger partial charge in [-0.3, -0.25) is 14.9 Å². The highest BCUT2D eigenvalue weighted by Gasteiger charge is 2.31. The molecule has 1 aliphatic heterocycles. The number of aryl methyl sites for hydroxylation is 1. The minimum atomic E-state index is -0.603. The smallest absolute Gasteiger partial charge is 0.273 e. The maximum Gasteiger partial charge on any atom is 0.273 e. The summed E-state index contributed by atoms with van der Waals surface area (Å²) in [4.78, 5) is 28.8. The average Bonchev–Trinajstić information content (AvgIpc) is 3.16. The molecular formula is C16H18N4O4. The molecule has 1 fully saturated rings. The number of hydrogen-bond acceptors (Lipinski definition) is 5. The second-order valence-corrected chi connectivity index (χ2v) is 5.88. The molecule has 0 bridgehead atoms. The van der Waals surface area contributed by atoms with E-state index in [-0.39, 0.29) is 28.9 Å². The van der Waals surface area contributed by atoms with Crippen molar-refractivity contribution in [2.24, 2.45) is 0 Å². The third-order valence-corrected chi connectivity index (χ3v) is 4.39. The van der Waals surface area contributed by atoms with Gasteiger partial charge in [0, 0.05) is 31.5 Å². The normalized spacial score (nSPS) is 17.2. The molecule has 8 nitrogen and oxygen atoms in total. The number of aromatic nitrogens is 2. The van der Waals surface area contributed by atoms with Crippen molar-refractivity contribution in [1.29, 1.82) is 0 Å². The zero-order valence-electron chi connectivity index (χ0n) is 13.3. The summed E-state index contributed by atoms with van der Waals surface area (Å²) in [6.45, 7) is 3.16. The van der Waals surface area contributed by atoms with E-state index in [4.69, 9.17) is 0 Å². The number of hydrogen-bond donors (Lipinski definition) is 1. The summed E-state index contributed by atoms with van der Waals surface area (Å²) in [5.41, 5.74) is -0.147. The fourth-order valence-electron chi connectivity index (χ4n) is 3.09. The van der Waals surface area contributed by atoms with Gasteiger partial charge in [-0.25, -0.2) is 4.98 Å². The molecule has 0 radical (unpaired) electrons. The van der Waals surface area contributed by atoms with Crippen molar-refractivity contribution in [3.05, 3.63) is 52.1 Å². The maximum absolute atomic E-state index is 12.7. The van der Waals surface area contributed by atoms with E-state index >= 15 is 0 Å². The Balaban J connectivity index is 1.81. The van der Waals surface area contributed by atoms with Crippen molar-refractivity contribution in [3.8, 4) is 5.75 Å². The van der Waals surface area contributed by atoms with E-state index in [1.165, 1.54) is 12.1 Å². The Hall–Kier alpha value is -2.90. The summed E-state index contributed by atoms with van der Waals surface area (Å²) in [6.07, 6.45) is 5.35. The molecule has 24 heavy (non-hydrogen) atoms. The second kappa shape index (κ2) is 6.31. The Bertz CT molecular complexity index is 786. The van der Waals surface area contributed by atoms with Crippen LogP contribution in [0.5, 0.6) is 5.75 Å². The van der Waals surface area contributed by atoms with Gasteiger partial charge < -0.3 is 14.6 Å². The maximum atomic E-state index is 12.7. The van der Waals surface area contributed by atoms with E-state index in [1.54, 1.807) is 11.1 Å². The Labute approximate surface area is 138 Å². The van der Waals surface area contributed by atoms with Crippen LogP contribution in [0.1, 0.15) is 29.0 Å². The molecule has 1 unspecified atom stereocenters. The number of amides is 1. The molecule has 0 spiro atoms. The van der Waals surface area contributed by atoms with Gasteiger partial charge in [0.05, 0.1) is 22.6 Å². The summed E-state index contributed by atoms with van der Waals surface area (Å²) in [5.74, 6) is 0.216. The van der Waals surface area contributed by atoms with Crippen molar-refractivity contribution in [2.75, 3.05) is 6.54 Å². The van der Waals surface area contributed by atoms with Crippen molar-refractivity contribution in [2.45, 2.75) is 32.4 Å². The van der Waals surface area contributed by atoms with Crippen molar-refractivity contribution in [3.63, 3.8) is 0 Å². The fourth-order valence-corrected chi connectivity index (χ4v) is 3.09. The zero-order chi connectivity index (χ0) is 17.3. The zero-order valence-corrected chi connectivity index (χ0v) is 13.3. The number of aromatic hydroxyl groups is 1. The third-order valence-electron chi connectivity index (χ3n) is 4.39. The van der Waals surface area contributed by atoms with E-state index in [0.29, 0.717) is 13.1 Å². The summed E-state index contributed by atoms with van der Waals surface area (Å²) in [5, 5.41) is 20.7. The molecule has 1 aliphatic rings. The van der Waals surface area contributed by atoms with Crippen LogP contribution in [0.2, 0.25) is 0 Å². The highest BCUT2D eigenvalue weighted by atomic mass is 16.6. The first-order valence-electron chi connectivity index (χ1n) is 7.73. The summed E-state index contributed by atoms with van der Waals surface area (Å²) < 4.78 is 1.99. The quantitative estimate of drug-likeness (QED) is 0.683. The molecule has 0 saturated carbocycles. The van der Waals surface area contributed by atoms with Crippen LogP contribution in [0.3, 0.4) is 0 Å². The van der Waals surface area contributed by atoms with Gasteiger partial charge in [-0.2, -0.15) is 0 Å². The monoisotopic (exact) mass is 330 g/mol. The molecule has 2 heterocycles. The number of phenolic OH excluding ortho intramolecular Hbond substituents is 1. The van der Waals surface area contributed by atoms with Crippen molar-refractivity contribution in [1.82, 2.24) is 14.5 Å². The van der Waals surface area contributed by atoms with Gasteiger partial charge in [-0.1, -0.05) is 0 Å². The average molecular weight is 330 g/mol. The number of benzene rings is 1. The Kier molecular flexibility index (Phi) is 4.20. The van der Waals surface area contributed by atoms with E-state index in [2.05, 4.69) is 4.98 Å². The molecule has 3 rings (SSSR count). The van der Waals surface area contributed by atoms with Gasteiger partial charge in [-0.15, -0.1) is 0 Å². The highest BCUT2D eigenvalue weighted by Crippen LogP contribution is 2.28. The van der Waals surface area contributed by atoms with E-state index in [1.807, 2.05) is 17.7 Å². The molecule has 0 aliphatic carbocycles. The number of non-ortho nitro benzene ring substituents is 1. The predicted octanol–water partition coefficient (Wildman–Crippen LogP) is 2.11. The van der Waals surface area contributed by atoms with E-state index < -0.39 is 4.92 Å². The third kappa shape index (κ3) is 2.94. The topological polar surface area (TPSA) is 102 Å². The van der Waals surface area contributed by atoms with E-state index in [0.717, 1.165) is 24.7 Å². The largest absolute Gasteiger partial charge is 0.507 e. The first kappa shape index (κ1) is 16.0. The Morgan fingerprint density at radius 2 is 2.29 bits per heavy atom. The lowest BCUT2D eigenvalue weighted by Gasteiger charge is -2.25. The van der Waals surface area contributed by atoms with Crippen LogP contribution in [0.4, 0.5) is 5.69 Å². The molecule has 2 aromatic rings. The van der Waals surface area contributed by atoms with Gasteiger partial charge >= 0.3 is 0 Å². The molecule has 1 atom stereocenters. The molecule has 1 aromatic heterocycles. The first-order chi connectivity index (χ1) is 11.5. The Morgan fingerprint density at radius 1 is 1.50 bits per heavy atom. The lowest BCUT2D eigenvalue weighted by Crippen LogP contribution is -2.38. The molecule has 8 heteroatoms. The van der Waals surface area contributed by atoms with Crippen LogP contribution in [0, 0.1) is 17.0 Å². The van der Waals surface area contributed by atoms with Crippen molar-refractivity contribution >= 4 is 11.6 Å². The van der Waals surface area contributed by atoms with Crippen LogP contribution < -0.4 is 0 Å². The molecule has 1 saturated heterocycles. The van der Waals surface area contributed by atoms with Crippen LogP contribution >= 0.6 is 0 Å². The minimum Gasteiger partial charge on any atom is -0.507 e. The Morgan fingerprint density at radius 3 is 2.92 bits per heavy atom. The summed E-state index contributed by atoms with van der Waals surface area (Å²) in [7, 11) is 0. The molecule has 1 amide bonds. The van der Waals surface area contributed by atoms with Crippen LogP contribution in [-0.2, 0) is 6.54 Å². The lowest BCUT2D eigenvalue weighted by molar-refractivity contribution is -0.384. The first-order valence-corrected chi connectivity index (χ1v) is 7.73. The number of nitro groups is 1. The SMILES string of the molecule is Cc1nccn1CC1CCCN1C(=O)c1ccc([N+](=O)[O-])cc1O. The number of imidazole rings is 1. The molecule has 126 valence electrons. The summed E-state index contributed by atoms with van der Waals surface area (Å²) >= 11 is 0. The highest BCUT2D eigenvalue weighted by molar-refractivity contribution is 5.97. The number of rotatable bonds is 4. The van der Waals surface area contributed by atoms with Crippen LogP contribution in [-0.4, -0.2) is 43.0 Å². The van der Waals surface area contributed by atoms with Crippen molar-refractivity contribution < 1.29 is 14.8 Å². The molecular weight excluding hydrogens is 312 g/mol. The van der Waals surface area contributed by atoms with Gasteiger partial charge in [0.2, 0.25) is 0 Å². The fraction of sp³-hybridized carbons (Fsp3) is 0.375. The number of nitro benzene ring substituents is 1. The van der Waals surface area contributed by atoms with Crippen LogP contribution in [0.25, 0.3) is 0 Å². The summed E-state index contributed by atoms with van der Waals surface area (Å²) in [6, 6.07) is 3.57. The van der Waals surface area contributed by atoms with Gasteiger partial charge in [-0.05, 0) is 25.8 Å². The number of phenols is 1. The standard InChI is InChI=1S/C16H18N4O4/c1-11-17-6-8-18(11)10-13-3-2-7-19(13)16(22)14-5-4-12(20(23)24)9-15(14)21/h4-6,8-9,13,21H,2-3,7,10H2,1H3. The number of nitrogens with zero attached hydrogens (tertiary/aromatic N) is 4. The van der Waals surface area contributed by atoms with Crippen LogP contribution in [0.15, 0.2) is 30.6 Å². The number of carbonyl (C=O) groups excluding carboxylic acids is 1. The van der Waals surface area contributed by atoms with Gasteiger partial charge in [0.25, 0.3) is 11.6 Å². The minimum absolute atomic E-state index is 0.0139. The molecule has 1 aromatic carbocycles. The van der Waals surface area contributed by atoms with Gasteiger partial charge in [0.1, 0.15) is 11.6 Å². The van der Waals surface area contributed by atoms with Gasteiger partial charge in [0.15, 0.2) is 0 Å².